The maximum Gasteiger partial charge on any atom is 0.263 e. The molecule has 0 radical (unpaired) electrons. The number of nitrogens with zero attached hydrogens (tertiary/aromatic N) is 3. The predicted octanol–water partition coefficient (Wildman–Crippen LogP) is 5.74. The molecule has 0 bridgehead atoms. The van der Waals surface area contributed by atoms with Crippen molar-refractivity contribution in [1.29, 1.82) is 0 Å². The van der Waals surface area contributed by atoms with Gasteiger partial charge in [0.25, 0.3) is 5.91 Å². The third-order valence-electron chi connectivity index (χ3n) is 4.90. The first kappa shape index (κ1) is 23.3. The lowest BCUT2D eigenvalue weighted by atomic mass is 10.0. The number of methoxy groups -OCH3 is 1. The molecule has 162 valence electrons. The number of ether oxygens (including phenoxy) is 1. The topological polar surface area (TPSA) is 45.7 Å². The van der Waals surface area contributed by atoms with Gasteiger partial charge in [0.2, 0.25) is 0 Å². The molecule has 0 aliphatic heterocycles. The molecule has 4 aromatic rings. The normalized spacial score (nSPS) is 11.0. The highest BCUT2D eigenvalue weighted by Crippen LogP contribution is 2.35. The Labute approximate surface area is 196 Å². The van der Waals surface area contributed by atoms with Gasteiger partial charge in [0.15, 0.2) is 5.13 Å². The molecule has 0 fully saturated rings. The first-order valence-corrected chi connectivity index (χ1v) is 10.8. The van der Waals surface area contributed by atoms with E-state index in [9.17, 15) is 4.79 Å². The van der Waals surface area contributed by atoms with Crippen LogP contribution in [0.4, 0.5) is 5.13 Å². The van der Waals surface area contributed by atoms with Crippen molar-refractivity contribution >= 4 is 67.4 Å². The zero-order chi connectivity index (χ0) is 21.3. The monoisotopic (exact) mass is 475 g/mol. The zero-order valence-electron chi connectivity index (χ0n) is 17.5. The van der Waals surface area contributed by atoms with Crippen LogP contribution in [0.5, 0.6) is 5.75 Å². The molecular weight excluding hydrogens is 453 g/mol. The van der Waals surface area contributed by atoms with Crippen molar-refractivity contribution < 1.29 is 9.53 Å². The van der Waals surface area contributed by atoms with E-state index < -0.39 is 0 Å². The number of halogens is 2. The highest BCUT2D eigenvalue weighted by atomic mass is 35.5. The van der Waals surface area contributed by atoms with E-state index in [0.717, 1.165) is 15.5 Å². The Kier molecular flexibility index (Phi) is 7.38. The summed E-state index contributed by atoms with van der Waals surface area (Å²) in [6.45, 7) is 1.20. The van der Waals surface area contributed by atoms with Gasteiger partial charge in [-0.25, -0.2) is 4.98 Å². The number of para-hydroxylation sites is 1. The van der Waals surface area contributed by atoms with Gasteiger partial charge in [-0.15, -0.1) is 12.4 Å². The second-order valence-electron chi connectivity index (χ2n) is 7.24. The second kappa shape index (κ2) is 9.83. The van der Waals surface area contributed by atoms with Gasteiger partial charge < -0.3 is 9.64 Å². The molecule has 0 spiro atoms. The maximum atomic E-state index is 13.7. The fourth-order valence-electron chi connectivity index (χ4n) is 3.30. The van der Waals surface area contributed by atoms with Gasteiger partial charge in [0.05, 0.1) is 22.4 Å². The minimum absolute atomic E-state index is 0. The van der Waals surface area contributed by atoms with Crippen LogP contribution in [0, 0.1) is 0 Å². The summed E-state index contributed by atoms with van der Waals surface area (Å²) in [7, 11) is 5.55. The van der Waals surface area contributed by atoms with E-state index in [0.29, 0.717) is 40.1 Å². The minimum Gasteiger partial charge on any atom is -0.496 e. The summed E-state index contributed by atoms with van der Waals surface area (Å²) in [6, 6.07) is 17.4. The third kappa shape index (κ3) is 4.77. The van der Waals surface area contributed by atoms with Crippen molar-refractivity contribution in [3.63, 3.8) is 0 Å². The van der Waals surface area contributed by atoms with Crippen LogP contribution in [0.25, 0.3) is 21.0 Å². The van der Waals surface area contributed by atoms with E-state index in [1.165, 1.54) is 11.3 Å². The van der Waals surface area contributed by atoms with Gasteiger partial charge in [-0.3, -0.25) is 9.69 Å². The Balaban J connectivity index is 0.00000272. The van der Waals surface area contributed by atoms with Gasteiger partial charge in [0, 0.05) is 13.1 Å². The van der Waals surface area contributed by atoms with Crippen molar-refractivity contribution in [2.24, 2.45) is 0 Å². The van der Waals surface area contributed by atoms with Gasteiger partial charge >= 0.3 is 0 Å². The Bertz CT molecular complexity index is 1230. The molecule has 0 aliphatic rings. The van der Waals surface area contributed by atoms with E-state index in [2.05, 4.69) is 4.98 Å². The molecule has 5 nitrogen and oxygen atoms in total. The number of hydrogen-bond acceptors (Lipinski definition) is 5. The maximum absolute atomic E-state index is 13.7. The molecule has 0 aliphatic carbocycles. The Morgan fingerprint density at radius 1 is 1.06 bits per heavy atom. The van der Waals surface area contributed by atoms with Crippen molar-refractivity contribution in [1.82, 2.24) is 9.88 Å². The summed E-state index contributed by atoms with van der Waals surface area (Å²) in [6.07, 6.45) is 0. The van der Waals surface area contributed by atoms with Crippen LogP contribution in [0.15, 0.2) is 54.6 Å². The van der Waals surface area contributed by atoms with Crippen molar-refractivity contribution in [3.8, 4) is 5.75 Å². The molecule has 8 heteroatoms. The number of fused-ring (bicyclic) bond motifs is 2. The number of anilines is 1. The molecule has 1 aromatic heterocycles. The summed E-state index contributed by atoms with van der Waals surface area (Å²) in [5.41, 5.74) is 1.23. The Morgan fingerprint density at radius 3 is 2.42 bits per heavy atom. The van der Waals surface area contributed by atoms with Crippen molar-refractivity contribution in [2.75, 3.05) is 39.2 Å². The summed E-state index contributed by atoms with van der Waals surface area (Å²) < 4.78 is 6.52. The number of thiazole rings is 1. The van der Waals surface area contributed by atoms with Crippen LogP contribution in [0.3, 0.4) is 0 Å². The predicted molar refractivity (Wildman–Crippen MR) is 133 cm³/mol. The smallest absolute Gasteiger partial charge is 0.263 e. The van der Waals surface area contributed by atoms with E-state index >= 15 is 0 Å². The summed E-state index contributed by atoms with van der Waals surface area (Å²) in [4.78, 5) is 22.1. The highest BCUT2D eigenvalue weighted by Gasteiger charge is 2.25. The average Bonchev–Trinajstić information content (AvgIpc) is 3.18. The number of carbonyl (C=O) groups is 1. The lowest BCUT2D eigenvalue weighted by Crippen LogP contribution is -2.37. The van der Waals surface area contributed by atoms with Gasteiger partial charge in [0.1, 0.15) is 11.3 Å². The zero-order valence-corrected chi connectivity index (χ0v) is 19.9. The van der Waals surface area contributed by atoms with Crippen molar-refractivity contribution in [3.05, 3.63) is 65.2 Å². The minimum atomic E-state index is -0.144. The molecule has 3 aromatic carbocycles. The average molecular weight is 476 g/mol. The summed E-state index contributed by atoms with van der Waals surface area (Å²) >= 11 is 7.79. The quantitative estimate of drug-likeness (QED) is 0.356. The molecule has 31 heavy (non-hydrogen) atoms. The first-order chi connectivity index (χ1) is 14.5. The molecule has 0 saturated heterocycles. The number of benzene rings is 3. The number of hydrogen-bond donors (Lipinski definition) is 0. The summed E-state index contributed by atoms with van der Waals surface area (Å²) in [5.74, 6) is 0.405. The molecule has 1 heterocycles. The van der Waals surface area contributed by atoms with E-state index in [4.69, 9.17) is 16.3 Å². The van der Waals surface area contributed by atoms with Gasteiger partial charge in [-0.05, 0) is 49.1 Å². The van der Waals surface area contributed by atoms with Crippen LogP contribution in [-0.4, -0.2) is 50.1 Å². The van der Waals surface area contributed by atoms with Crippen LogP contribution in [0.1, 0.15) is 10.4 Å². The number of amides is 1. The number of aromatic nitrogens is 1. The SMILES string of the molecule is COc1cc2ccccc2cc1C(=O)N(CCN(C)C)c1nc2c(Cl)cccc2s1.Cl. The molecule has 0 atom stereocenters. The van der Waals surface area contributed by atoms with Crippen molar-refractivity contribution in [2.45, 2.75) is 0 Å². The summed E-state index contributed by atoms with van der Waals surface area (Å²) in [5, 5.41) is 3.22. The third-order valence-corrected chi connectivity index (χ3v) is 6.25. The molecule has 0 saturated carbocycles. The first-order valence-electron chi connectivity index (χ1n) is 9.56. The van der Waals surface area contributed by atoms with Crippen LogP contribution < -0.4 is 9.64 Å². The largest absolute Gasteiger partial charge is 0.496 e. The van der Waals surface area contributed by atoms with Gasteiger partial charge in [-0.1, -0.05) is 53.3 Å². The van der Waals surface area contributed by atoms with E-state index in [1.807, 2.05) is 73.6 Å². The van der Waals surface area contributed by atoms with E-state index in [-0.39, 0.29) is 18.3 Å². The molecule has 4 rings (SSSR count). The highest BCUT2D eigenvalue weighted by molar-refractivity contribution is 7.22. The van der Waals surface area contributed by atoms with Crippen LogP contribution in [-0.2, 0) is 0 Å². The van der Waals surface area contributed by atoms with Crippen LogP contribution in [0.2, 0.25) is 5.02 Å². The van der Waals surface area contributed by atoms with Crippen LogP contribution >= 0.6 is 35.3 Å². The standard InChI is InChI=1S/C23H22ClN3O2S.ClH/c1-26(2)11-12-27(23-25-21-18(24)9-6-10-20(21)30-23)22(28)17-13-15-7-4-5-8-16(15)14-19(17)29-3;/h4-10,13-14H,11-12H2,1-3H3;1H. The van der Waals surface area contributed by atoms with E-state index in [1.54, 1.807) is 12.0 Å². The Morgan fingerprint density at radius 2 is 1.77 bits per heavy atom. The molecule has 0 unspecified atom stereocenters. The fourth-order valence-corrected chi connectivity index (χ4v) is 4.59. The molecule has 0 N–H and O–H groups in total. The lowest BCUT2D eigenvalue weighted by molar-refractivity contribution is 0.0982. The van der Waals surface area contributed by atoms with Gasteiger partial charge in [-0.2, -0.15) is 0 Å². The molecule has 1 amide bonds. The number of carbonyl (C=O) groups excluding carboxylic acids is 1. The number of rotatable bonds is 6. The molecular formula is C23H23Cl2N3O2S. The second-order valence-corrected chi connectivity index (χ2v) is 8.66. The number of likely N-dealkylation sites (N-methyl/N-ethyl adjacent to an activating group) is 1. The fraction of sp³-hybridized carbons (Fsp3) is 0.217. The Hall–Kier alpha value is -2.38. The lowest BCUT2D eigenvalue weighted by Gasteiger charge is -2.23.